The predicted octanol–water partition coefficient (Wildman–Crippen LogP) is 4.76. The third kappa shape index (κ3) is 5.55. The van der Waals surface area contributed by atoms with E-state index in [1.54, 1.807) is 17.2 Å². The van der Waals surface area contributed by atoms with Crippen molar-refractivity contribution in [2.24, 2.45) is 0 Å². The van der Waals surface area contributed by atoms with Crippen molar-refractivity contribution in [2.75, 3.05) is 13.1 Å². The van der Waals surface area contributed by atoms with E-state index in [-0.39, 0.29) is 18.3 Å². The number of aromatic nitrogens is 1. The lowest BCUT2D eigenvalue weighted by Crippen LogP contribution is -2.39. The largest absolute Gasteiger partial charge is 0.465 e. The number of halogens is 1. The van der Waals surface area contributed by atoms with Crippen LogP contribution in [0.5, 0.6) is 5.19 Å². The number of nitrogens with zero attached hydrogens (tertiary/aromatic N) is 3. The number of hydrogen-bond donors (Lipinski definition) is 0. The molecule has 0 saturated heterocycles. The molecule has 0 bridgehead atoms. The fraction of sp³-hybridized carbons (Fsp3) is 0.381. The molecule has 0 radical (unpaired) electrons. The van der Waals surface area contributed by atoms with E-state index >= 15 is 0 Å². The Balaban J connectivity index is 1.58. The topological polar surface area (TPSA) is 75.4 Å². The number of amides is 1. The van der Waals surface area contributed by atoms with Crippen molar-refractivity contribution in [3.63, 3.8) is 0 Å². The standard InChI is InChI=1S/C21H22FN3O3S/c1-21(2,3)28-20(26)25-8-6-15(7-9-25)18-12-24-19(29-18)27-13-16-5-4-14(11-23)10-17(16)22/h4-6,10,12H,7-9,13H2,1-3H3. The van der Waals surface area contributed by atoms with Crippen LogP contribution in [0.2, 0.25) is 0 Å². The minimum atomic E-state index is -0.514. The second kappa shape index (κ2) is 8.62. The van der Waals surface area contributed by atoms with E-state index in [1.807, 2.05) is 32.9 Å². The maximum absolute atomic E-state index is 13.9. The average molecular weight is 415 g/mol. The normalized spacial score (nSPS) is 14.2. The monoisotopic (exact) mass is 415 g/mol. The van der Waals surface area contributed by atoms with Gasteiger partial charge in [0.05, 0.1) is 16.5 Å². The van der Waals surface area contributed by atoms with Gasteiger partial charge in [-0.1, -0.05) is 23.5 Å². The molecule has 2 heterocycles. The van der Waals surface area contributed by atoms with E-state index in [0.717, 1.165) is 10.5 Å². The number of benzene rings is 1. The molecule has 0 spiro atoms. The Hall–Kier alpha value is -2.92. The SMILES string of the molecule is CC(C)(C)OC(=O)N1CC=C(c2cnc(OCc3ccc(C#N)cc3F)s2)CC1. The summed E-state index contributed by atoms with van der Waals surface area (Å²) in [6, 6.07) is 6.18. The Bertz CT molecular complexity index is 972. The van der Waals surface area contributed by atoms with Crippen molar-refractivity contribution in [1.29, 1.82) is 5.26 Å². The van der Waals surface area contributed by atoms with E-state index in [9.17, 15) is 9.18 Å². The zero-order valence-corrected chi connectivity index (χ0v) is 17.4. The molecule has 1 aliphatic rings. The third-order valence-electron chi connectivity index (χ3n) is 4.20. The van der Waals surface area contributed by atoms with Crippen molar-refractivity contribution >= 4 is 23.0 Å². The summed E-state index contributed by atoms with van der Waals surface area (Å²) in [4.78, 5) is 19.0. The van der Waals surface area contributed by atoms with Gasteiger partial charge in [0.25, 0.3) is 5.19 Å². The number of nitriles is 1. The van der Waals surface area contributed by atoms with Gasteiger partial charge in [-0.05, 0) is 44.9 Å². The highest BCUT2D eigenvalue weighted by Crippen LogP contribution is 2.31. The fourth-order valence-electron chi connectivity index (χ4n) is 2.73. The van der Waals surface area contributed by atoms with Crippen LogP contribution in [0.25, 0.3) is 5.57 Å². The van der Waals surface area contributed by atoms with Gasteiger partial charge >= 0.3 is 6.09 Å². The summed E-state index contributed by atoms with van der Waals surface area (Å²) in [5.74, 6) is -0.474. The third-order valence-corrected chi connectivity index (χ3v) is 5.18. The molecule has 1 aromatic heterocycles. The summed E-state index contributed by atoms with van der Waals surface area (Å²) in [6.07, 6.45) is 4.10. The summed E-state index contributed by atoms with van der Waals surface area (Å²) >= 11 is 1.38. The highest BCUT2D eigenvalue weighted by atomic mass is 32.1. The number of hydrogen-bond acceptors (Lipinski definition) is 6. The Morgan fingerprint density at radius 1 is 1.41 bits per heavy atom. The van der Waals surface area contributed by atoms with E-state index in [4.69, 9.17) is 14.7 Å². The van der Waals surface area contributed by atoms with Crippen LogP contribution < -0.4 is 4.74 Å². The van der Waals surface area contributed by atoms with Crippen molar-refractivity contribution in [3.8, 4) is 11.3 Å². The summed E-state index contributed by atoms with van der Waals surface area (Å²) in [6.45, 7) is 6.63. The van der Waals surface area contributed by atoms with Crippen LogP contribution >= 0.6 is 11.3 Å². The number of carbonyl (C=O) groups excluding carboxylic acids is 1. The number of rotatable bonds is 4. The first-order valence-electron chi connectivity index (χ1n) is 9.19. The van der Waals surface area contributed by atoms with Crippen LogP contribution in [0, 0.1) is 17.1 Å². The van der Waals surface area contributed by atoms with Crippen molar-refractivity contribution < 1.29 is 18.7 Å². The molecule has 0 aliphatic carbocycles. The maximum Gasteiger partial charge on any atom is 0.410 e. The lowest BCUT2D eigenvalue weighted by molar-refractivity contribution is 0.0270. The molecule has 8 heteroatoms. The predicted molar refractivity (Wildman–Crippen MR) is 108 cm³/mol. The van der Waals surface area contributed by atoms with Gasteiger partial charge in [-0.3, -0.25) is 0 Å². The van der Waals surface area contributed by atoms with Gasteiger partial charge in [-0.2, -0.15) is 5.26 Å². The van der Waals surface area contributed by atoms with Crippen LogP contribution in [0.3, 0.4) is 0 Å². The molecule has 29 heavy (non-hydrogen) atoms. The highest BCUT2D eigenvalue weighted by Gasteiger charge is 2.24. The Morgan fingerprint density at radius 3 is 2.83 bits per heavy atom. The maximum atomic E-state index is 13.9. The lowest BCUT2D eigenvalue weighted by atomic mass is 10.1. The number of carbonyl (C=O) groups is 1. The number of ether oxygens (including phenoxy) is 2. The Labute approximate surface area is 173 Å². The van der Waals surface area contributed by atoms with E-state index in [0.29, 0.717) is 30.3 Å². The molecule has 152 valence electrons. The zero-order valence-electron chi connectivity index (χ0n) is 16.6. The molecule has 2 aromatic rings. The fourth-order valence-corrected chi connectivity index (χ4v) is 3.57. The van der Waals surface area contributed by atoms with Gasteiger partial charge in [0.1, 0.15) is 18.0 Å². The number of thiazole rings is 1. The minimum Gasteiger partial charge on any atom is -0.465 e. The van der Waals surface area contributed by atoms with Crippen LogP contribution in [-0.2, 0) is 11.3 Å². The Morgan fingerprint density at radius 2 is 2.21 bits per heavy atom. The van der Waals surface area contributed by atoms with Gasteiger partial charge in [0.2, 0.25) is 0 Å². The van der Waals surface area contributed by atoms with E-state index < -0.39 is 11.4 Å². The first-order chi connectivity index (χ1) is 13.7. The molecule has 0 atom stereocenters. The molecule has 1 aliphatic heterocycles. The molecule has 0 saturated carbocycles. The highest BCUT2D eigenvalue weighted by molar-refractivity contribution is 7.14. The molecule has 0 fully saturated rings. The van der Waals surface area contributed by atoms with Gasteiger partial charge < -0.3 is 14.4 Å². The molecule has 1 aromatic carbocycles. The van der Waals surface area contributed by atoms with Crippen LogP contribution in [0.15, 0.2) is 30.5 Å². The van der Waals surface area contributed by atoms with Crippen LogP contribution in [0.1, 0.15) is 43.2 Å². The van der Waals surface area contributed by atoms with Gasteiger partial charge in [0, 0.05) is 24.8 Å². The van der Waals surface area contributed by atoms with Crippen molar-refractivity contribution in [1.82, 2.24) is 9.88 Å². The summed E-state index contributed by atoms with van der Waals surface area (Å²) in [7, 11) is 0. The summed E-state index contributed by atoms with van der Waals surface area (Å²) < 4.78 is 24.9. The second-order valence-electron chi connectivity index (χ2n) is 7.60. The molecule has 3 rings (SSSR count). The molecule has 0 unspecified atom stereocenters. The molecule has 1 amide bonds. The molecule has 6 nitrogen and oxygen atoms in total. The Kier molecular flexibility index (Phi) is 6.18. The minimum absolute atomic E-state index is 0.0377. The van der Waals surface area contributed by atoms with Crippen molar-refractivity contribution in [3.05, 3.63) is 52.3 Å². The van der Waals surface area contributed by atoms with Gasteiger partial charge in [-0.15, -0.1) is 0 Å². The average Bonchev–Trinajstić information content (AvgIpc) is 3.15. The first kappa shape index (κ1) is 20.8. The molecule has 0 N–H and O–H groups in total. The molecular formula is C21H22FN3O3S. The van der Waals surface area contributed by atoms with Crippen LogP contribution in [0.4, 0.5) is 9.18 Å². The zero-order chi connectivity index (χ0) is 21.0. The quantitative estimate of drug-likeness (QED) is 0.720. The smallest absolute Gasteiger partial charge is 0.410 e. The summed E-state index contributed by atoms with van der Waals surface area (Å²) in [5, 5.41) is 9.24. The van der Waals surface area contributed by atoms with Gasteiger partial charge in [0.15, 0.2) is 0 Å². The summed E-state index contributed by atoms with van der Waals surface area (Å²) in [5.41, 5.74) is 1.22. The van der Waals surface area contributed by atoms with Crippen molar-refractivity contribution in [2.45, 2.75) is 39.4 Å². The van der Waals surface area contributed by atoms with E-state index in [2.05, 4.69) is 4.98 Å². The second-order valence-corrected chi connectivity index (χ2v) is 8.60. The van der Waals surface area contributed by atoms with Crippen LogP contribution in [-0.4, -0.2) is 34.7 Å². The first-order valence-corrected chi connectivity index (χ1v) is 10.0. The van der Waals surface area contributed by atoms with E-state index in [1.165, 1.54) is 23.5 Å². The molecular weight excluding hydrogens is 393 g/mol. The van der Waals surface area contributed by atoms with Gasteiger partial charge in [-0.25, -0.2) is 14.2 Å². The lowest BCUT2D eigenvalue weighted by Gasteiger charge is -2.29.